The Hall–Kier alpha value is -0.790. The minimum Gasteiger partial charge on any atom is -0.465 e. The van der Waals surface area contributed by atoms with Gasteiger partial charge in [-0.1, -0.05) is 6.08 Å². The van der Waals surface area contributed by atoms with E-state index in [-0.39, 0.29) is 5.97 Å². The van der Waals surface area contributed by atoms with Crippen molar-refractivity contribution in [3.8, 4) is 0 Å². The smallest absolute Gasteiger partial charge is 0.315 e. The Kier molecular flexibility index (Phi) is 2.55. The normalized spacial score (nSPS) is 21.2. The van der Waals surface area contributed by atoms with Crippen molar-refractivity contribution in [2.24, 2.45) is 11.3 Å². The molecule has 1 unspecified atom stereocenters. The molecule has 0 amide bonds. The Morgan fingerprint density at radius 2 is 2.33 bits per heavy atom. The Morgan fingerprint density at radius 1 is 1.75 bits per heavy atom. The summed E-state index contributed by atoms with van der Waals surface area (Å²) in [7, 11) is 0. The predicted octanol–water partition coefficient (Wildman–Crippen LogP) is 2.15. The number of ether oxygens (including phenoxy) is 1. The lowest BCUT2D eigenvalue weighted by molar-refractivity contribution is -0.152. The fourth-order valence-corrected chi connectivity index (χ4v) is 1.39. The van der Waals surface area contributed by atoms with Crippen molar-refractivity contribution in [1.82, 2.24) is 0 Å². The lowest BCUT2D eigenvalue weighted by Crippen LogP contribution is -2.29. The van der Waals surface area contributed by atoms with Crippen LogP contribution in [-0.4, -0.2) is 12.6 Å². The van der Waals surface area contributed by atoms with Gasteiger partial charge in [-0.15, -0.1) is 6.58 Å². The van der Waals surface area contributed by atoms with Gasteiger partial charge in [0.1, 0.15) is 0 Å². The molecule has 68 valence electrons. The van der Waals surface area contributed by atoms with Crippen molar-refractivity contribution < 1.29 is 9.53 Å². The molecule has 1 rings (SSSR count). The number of hydrogen-bond acceptors (Lipinski definition) is 2. The molecule has 0 bridgehead atoms. The van der Waals surface area contributed by atoms with Gasteiger partial charge in [0, 0.05) is 0 Å². The van der Waals surface area contributed by atoms with Gasteiger partial charge in [-0.25, -0.2) is 0 Å². The van der Waals surface area contributed by atoms with Crippen LogP contribution in [0.2, 0.25) is 0 Å². The first-order valence-corrected chi connectivity index (χ1v) is 4.46. The van der Waals surface area contributed by atoms with Crippen molar-refractivity contribution in [1.29, 1.82) is 0 Å². The van der Waals surface area contributed by atoms with Crippen LogP contribution in [0.3, 0.4) is 0 Å². The second-order valence-electron chi connectivity index (χ2n) is 3.48. The van der Waals surface area contributed by atoms with Crippen molar-refractivity contribution in [2.75, 3.05) is 6.61 Å². The van der Waals surface area contributed by atoms with E-state index in [1.807, 2.05) is 13.8 Å². The third-order valence-electron chi connectivity index (χ3n) is 2.56. The van der Waals surface area contributed by atoms with Crippen LogP contribution in [0.15, 0.2) is 12.7 Å². The molecule has 0 aromatic heterocycles. The Labute approximate surface area is 73.6 Å². The molecule has 1 fully saturated rings. The van der Waals surface area contributed by atoms with Crippen LogP contribution < -0.4 is 0 Å². The summed E-state index contributed by atoms with van der Waals surface area (Å²) in [5, 5.41) is 0. The van der Waals surface area contributed by atoms with Crippen LogP contribution in [0.25, 0.3) is 0 Å². The summed E-state index contributed by atoms with van der Waals surface area (Å²) < 4.78 is 4.99. The van der Waals surface area contributed by atoms with Crippen LogP contribution in [-0.2, 0) is 9.53 Å². The first kappa shape index (κ1) is 9.30. The summed E-state index contributed by atoms with van der Waals surface area (Å²) in [4.78, 5) is 11.5. The molecule has 0 heterocycles. The molecule has 0 saturated heterocycles. The molecule has 2 heteroatoms. The topological polar surface area (TPSA) is 26.3 Å². The summed E-state index contributed by atoms with van der Waals surface area (Å²) >= 11 is 0. The van der Waals surface area contributed by atoms with Crippen molar-refractivity contribution in [3.63, 3.8) is 0 Å². The van der Waals surface area contributed by atoms with E-state index in [0.29, 0.717) is 12.5 Å². The van der Waals surface area contributed by atoms with E-state index < -0.39 is 5.41 Å². The van der Waals surface area contributed by atoms with E-state index in [0.717, 1.165) is 12.8 Å². The van der Waals surface area contributed by atoms with E-state index in [2.05, 4.69) is 6.58 Å². The van der Waals surface area contributed by atoms with Gasteiger partial charge in [0.25, 0.3) is 0 Å². The fourth-order valence-electron chi connectivity index (χ4n) is 1.39. The highest BCUT2D eigenvalue weighted by molar-refractivity contribution is 5.79. The lowest BCUT2D eigenvalue weighted by Gasteiger charge is -2.22. The molecule has 0 spiro atoms. The van der Waals surface area contributed by atoms with Crippen LogP contribution in [0.5, 0.6) is 0 Å². The number of rotatable bonds is 4. The van der Waals surface area contributed by atoms with E-state index in [4.69, 9.17) is 4.74 Å². The molecule has 0 N–H and O–H groups in total. The minimum absolute atomic E-state index is 0.123. The molecule has 0 radical (unpaired) electrons. The predicted molar refractivity (Wildman–Crippen MR) is 47.7 cm³/mol. The van der Waals surface area contributed by atoms with E-state index in [1.165, 1.54) is 0 Å². The third kappa shape index (κ3) is 1.52. The average Bonchev–Trinajstić information content (AvgIpc) is 2.86. The highest BCUT2D eigenvalue weighted by Crippen LogP contribution is 2.46. The van der Waals surface area contributed by atoms with Crippen LogP contribution in [0.1, 0.15) is 26.7 Å². The zero-order valence-electron chi connectivity index (χ0n) is 7.80. The maximum atomic E-state index is 11.5. The van der Waals surface area contributed by atoms with Crippen molar-refractivity contribution in [2.45, 2.75) is 26.7 Å². The molecular weight excluding hydrogens is 152 g/mol. The number of carbonyl (C=O) groups excluding carboxylic acids is 1. The van der Waals surface area contributed by atoms with Gasteiger partial charge in [0.2, 0.25) is 0 Å². The second-order valence-corrected chi connectivity index (χ2v) is 3.48. The summed E-state index contributed by atoms with van der Waals surface area (Å²) in [6.07, 6.45) is 3.98. The van der Waals surface area contributed by atoms with Gasteiger partial charge in [-0.3, -0.25) is 4.79 Å². The highest BCUT2D eigenvalue weighted by atomic mass is 16.5. The summed E-state index contributed by atoms with van der Waals surface area (Å²) in [6, 6.07) is 0. The molecule has 0 aromatic carbocycles. The SMILES string of the molecule is C=CC(C)(C(=O)OCC)C1CC1. The van der Waals surface area contributed by atoms with Gasteiger partial charge in [0.05, 0.1) is 12.0 Å². The average molecular weight is 168 g/mol. The highest BCUT2D eigenvalue weighted by Gasteiger charge is 2.45. The number of carbonyl (C=O) groups is 1. The molecule has 1 saturated carbocycles. The third-order valence-corrected chi connectivity index (χ3v) is 2.56. The van der Waals surface area contributed by atoms with Crippen molar-refractivity contribution >= 4 is 5.97 Å². The van der Waals surface area contributed by atoms with Crippen LogP contribution >= 0.6 is 0 Å². The maximum absolute atomic E-state index is 11.5. The van der Waals surface area contributed by atoms with Crippen LogP contribution in [0.4, 0.5) is 0 Å². The number of hydrogen-bond donors (Lipinski definition) is 0. The Balaban J connectivity index is 2.64. The summed E-state index contributed by atoms with van der Waals surface area (Å²) in [5.74, 6) is 0.344. The lowest BCUT2D eigenvalue weighted by atomic mass is 9.85. The second kappa shape index (κ2) is 3.30. The first-order chi connectivity index (χ1) is 5.65. The van der Waals surface area contributed by atoms with Gasteiger partial charge < -0.3 is 4.74 Å². The van der Waals surface area contributed by atoms with E-state index in [1.54, 1.807) is 6.08 Å². The van der Waals surface area contributed by atoms with Gasteiger partial charge in [0.15, 0.2) is 0 Å². The summed E-state index contributed by atoms with van der Waals surface area (Å²) in [5.41, 5.74) is -0.435. The standard InChI is InChI=1S/C10H16O2/c1-4-10(3,8-6-7-8)9(11)12-5-2/h4,8H,1,5-7H2,2-3H3. The first-order valence-electron chi connectivity index (χ1n) is 4.46. The van der Waals surface area contributed by atoms with Gasteiger partial charge in [-0.05, 0) is 32.6 Å². The monoisotopic (exact) mass is 168 g/mol. The quantitative estimate of drug-likeness (QED) is 0.475. The largest absolute Gasteiger partial charge is 0.465 e. The van der Waals surface area contributed by atoms with E-state index in [9.17, 15) is 4.79 Å². The van der Waals surface area contributed by atoms with Crippen LogP contribution in [0, 0.1) is 11.3 Å². The number of esters is 1. The molecule has 1 aliphatic carbocycles. The van der Waals surface area contributed by atoms with E-state index >= 15 is 0 Å². The Bertz CT molecular complexity index is 194. The molecule has 2 nitrogen and oxygen atoms in total. The zero-order chi connectivity index (χ0) is 9.19. The Morgan fingerprint density at radius 3 is 2.67 bits per heavy atom. The molecule has 1 aliphatic rings. The zero-order valence-corrected chi connectivity index (χ0v) is 7.80. The van der Waals surface area contributed by atoms with Gasteiger partial charge >= 0.3 is 5.97 Å². The molecule has 0 aromatic rings. The summed E-state index contributed by atoms with van der Waals surface area (Å²) in [6.45, 7) is 7.89. The van der Waals surface area contributed by atoms with Crippen molar-refractivity contribution in [3.05, 3.63) is 12.7 Å². The molecule has 1 atom stereocenters. The van der Waals surface area contributed by atoms with Gasteiger partial charge in [-0.2, -0.15) is 0 Å². The molecule has 12 heavy (non-hydrogen) atoms. The minimum atomic E-state index is -0.435. The fraction of sp³-hybridized carbons (Fsp3) is 0.700. The molecular formula is C10H16O2. The molecule has 0 aliphatic heterocycles. The maximum Gasteiger partial charge on any atom is 0.315 e.